The van der Waals surface area contributed by atoms with Crippen molar-refractivity contribution in [2.45, 2.75) is 97.2 Å². The van der Waals surface area contributed by atoms with E-state index in [2.05, 4.69) is 35.4 Å². The van der Waals surface area contributed by atoms with E-state index in [1.54, 1.807) is 72.1 Å². The Labute approximate surface area is 343 Å². The largest absolute Gasteiger partial charge is 0.489 e. The van der Waals surface area contributed by atoms with Crippen molar-refractivity contribution in [2.75, 3.05) is 18.5 Å². The van der Waals surface area contributed by atoms with Crippen LogP contribution in [0, 0.1) is 0 Å². The van der Waals surface area contributed by atoms with Crippen molar-refractivity contribution in [3.8, 4) is 17.0 Å². The van der Waals surface area contributed by atoms with Crippen LogP contribution in [0.5, 0.6) is 5.75 Å². The number of hydrogen-bond donors (Lipinski definition) is 5. The number of nitrogens with zero attached hydrogens (tertiary/aromatic N) is 5. The van der Waals surface area contributed by atoms with Gasteiger partial charge in [-0.25, -0.2) is 24.4 Å². The number of benzene rings is 1. The molecule has 0 aliphatic carbocycles. The fourth-order valence-corrected chi connectivity index (χ4v) is 6.14. The number of carboxylic acid groups (broad SMARTS) is 1. The molecule has 322 valence electrons. The van der Waals surface area contributed by atoms with Gasteiger partial charge < -0.3 is 39.4 Å². The molecule has 4 amide bonds. The molecule has 1 saturated heterocycles. The van der Waals surface area contributed by atoms with Crippen LogP contribution in [-0.2, 0) is 49.9 Å². The third kappa shape index (κ3) is 13.6. The van der Waals surface area contributed by atoms with Crippen LogP contribution >= 0.6 is 11.3 Å². The number of thiazole rings is 1. The maximum Gasteiger partial charge on any atom is 0.418 e. The molecule has 2 atom stereocenters. The van der Waals surface area contributed by atoms with E-state index in [1.807, 2.05) is 10.8 Å². The molecule has 24 heteroatoms. The molecule has 0 radical (unpaired) electrons. The molecule has 3 heterocycles. The molecule has 1 aliphatic heterocycles. The SMILES string of the molecule is CC(C)(C)OC(=O)NCCCn1cnc(-c2ccc(OC[C@H](O/N=C(\C(=O)N[C@@H]3C(=O)N(OS(=O)(=O)O)C3(C)C)c3csc(NC(=O)OC(C)(C)C)n3)C(=O)O)cc2)c1. The zero-order valence-electron chi connectivity index (χ0n) is 33.4. The summed E-state index contributed by atoms with van der Waals surface area (Å²) in [5, 5.41) is 22.7. The zero-order valence-corrected chi connectivity index (χ0v) is 35.0. The van der Waals surface area contributed by atoms with Crippen molar-refractivity contribution in [3.05, 3.63) is 47.9 Å². The van der Waals surface area contributed by atoms with Crippen LogP contribution in [0.4, 0.5) is 14.7 Å². The summed E-state index contributed by atoms with van der Waals surface area (Å²) >= 11 is 0.857. The quantitative estimate of drug-likeness (QED) is 0.0427. The monoisotopic (exact) mass is 866 g/mol. The number of β-lactam (4-membered cyclic amide) rings is 1. The average molecular weight is 867 g/mol. The van der Waals surface area contributed by atoms with Gasteiger partial charge in [0.2, 0.25) is 0 Å². The van der Waals surface area contributed by atoms with E-state index in [1.165, 1.54) is 19.2 Å². The normalized spacial score (nSPS) is 16.0. The molecule has 0 saturated carbocycles. The highest BCUT2D eigenvalue weighted by Crippen LogP contribution is 2.33. The summed E-state index contributed by atoms with van der Waals surface area (Å²) in [5.74, 6) is -3.42. The van der Waals surface area contributed by atoms with Crippen LogP contribution in [0.15, 0.2) is 47.3 Å². The first-order chi connectivity index (χ1) is 27.3. The minimum absolute atomic E-state index is 0.0385. The molecule has 1 fully saturated rings. The zero-order chi connectivity index (χ0) is 43.9. The van der Waals surface area contributed by atoms with Crippen molar-refractivity contribution in [2.24, 2.45) is 5.16 Å². The summed E-state index contributed by atoms with van der Waals surface area (Å²) in [6, 6.07) is 5.17. The van der Waals surface area contributed by atoms with Gasteiger partial charge in [-0.3, -0.25) is 19.5 Å². The third-order valence-electron chi connectivity index (χ3n) is 7.68. The summed E-state index contributed by atoms with van der Waals surface area (Å²) in [6.07, 6.45) is 0.981. The number of carbonyl (C=O) groups excluding carboxylic acids is 4. The Balaban J connectivity index is 1.43. The van der Waals surface area contributed by atoms with Crippen LogP contribution < -0.4 is 20.7 Å². The number of aliphatic carboxylic acids is 1. The van der Waals surface area contributed by atoms with E-state index in [0.717, 1.165) is 16.9 Å². The molecular weight excluding hydrogens is 821 g/mol. The number of aryl methyl sites for hydroxylation is 1. The second-order valence-electron chi connectivity index (χ2n) is 15.3. The number of amides is 4. The van der Waals surface area contributed by atoms with Gasteiger partial charge in [0.25, 0.3) is 17.9 Å². The van der Waals surface area contributed by atoms with Crippen LogP contribution in [-0.4, -0.2) is 115 Å². The Kier molecular flexibility index (Phi) is 14.3. The maximum atomic E-state index is 13.6. The summed E-state index contributed by atoms with van der Waals surface area (Å²) in [5.41, 5.74) is -2.40. The number of nitrogens with one attached hydrogen (secondary N) is 3. The number of oxime groups is 1. The lowest BCUT2D eigenvalue weighted by Gasteiger charge is -2.50. The lowest BCUT2D eigenvalue weighted by atomic mass is 9.84. The first-order valence-electron chi connectivity index (χ1n) is 17.8. The summed E-state index contributed by atoms with van der Waals surface area (Å²) in [4.78, 5) is 76.5. The van der Waals surface area contributed by atoms with Crippen LogP contribution in [0.3, 0.4) is 0 Å². The number of carbonyl (C=O) groups is 5. The summed E-state index contributed by atoms with van der Waals surface area (Å²) in [6.45, 7) is 13.3. The Morgan fingerprint density at radius 1 is 1.03 bits per heavy atom. The lowest BCUT2D eigenvalue weighted by Crippen LogP contribution is -2.76. The number of hydrogen-bond acceptors (Lipinski definition) is 16. The number of hydroxylamine groups is 2. The number of rotatable bonds is 17. The van der Waals surface area contributed by atoms with Gasteiger partial charge in [-0.1, -0.05) is 5.16 Å². The van der Waals surface area contributed by atoms with E-state index < -0.39 is 81.6 Å². The number of alkyl carbamates (subject to hydrolysis) is 1. The number of ether oxygens (including phenoxy) is 3. The molecular formula is C35H46N8O14S2. The van der Waals surface area contributed by atoms with E-state index in [-0.39, 0.29) is 16.6 Å². The van der Waals surface area contributed by atoms with Crippen LogP contribution in [0.2, 0.25) is 0 Å². The standard InChI is InChI=1S/C35H46N8O14S2/c1-33(2,3)54-31(48)36-14-9-15-42-16-22(37-19-42)20-10-12-21(13-11-20)53-17-24(29(46)47)56-41-25(23-18-58-30(38-23)40-32(49)55-34(4,5)6)27(44)39-26-28(45)43(35(26,7)8)57-59(50,51)52/h10-13,16,18-19,24,26H,9,14-15,17H2,1-8H3,(H,36,48)(H,39,44)(H,46,47)(H,38,40,49)(H,50,51,52)/b41-25-/t24-,26+/m0/s1. The fraction of sp³-hybridized carbons (Fsp3) is 0.486. The van der Waals surface area contributed by atoms with Gasteiger partial charge in [-0.05, 0) is 86.1 Å². The number of aromatic nitrogens is 3. The lowest BCUT2D eigenvalue weighted by molar-refractivity contribution is -0.218. The van der Waals surface area contributed by atoms with Gasteiger partial charge in [0.1, 0.15) is 35.3 Å². The van der Waals surface area contributed by atoms with Gasteiger partial charge in [0, 0.05) is 30.2 Å². The van der Waals surface area contributed by atoms with Crippen molar-refractivity contribution < 1.29 is 65.4 Å². The third-order valence-corrected chi connectivity index (χ3v) is 8.78. The summed E-state index contributed by atoms with van der Waals surface area (Å²) < 4.78 is 53.8. The highest BCUT2D eigenvalue weighted by atomic mass is 32.3. The predicted molar refractivity (Wildman–Crippen MR) is 209 cm³/mol. The molecule has 0 unspecified atom stereocenters. The van der Waals surface area contributed by atoms with Crippen molar-refractivity contribution in [1.82, 2.24) is 30.2 Å². The van der Waals surface area contributed by atoms with E-state index >= 15 is 0 Å². The van der Waals surface area contributed by atoms with Gasteiger partial charge in [-0.15, -0.1) is 15.6 Å². The first kappa shape index (κ1) is 45.8. The minimum atomic E-state index is -5.08. The van der Waals surface area contributed by atoms with E-state index in [0.29, 0.717) is 30.3 Å². The number of anilines is 1. The van der Waals surface area contributed by atoms with Gasteiger partial charge in [0.15, 0.2) is 10.8 Å². The molecule has 1 aliphatic rings. The van der Waals surface area contributed by atoms with Gasteiger partial charge in [0.05, 0.1) is 17.6 Å². The minimum Gasteiger partial charge on any atom is -0.489 e. The maximum absolute atomic E-state index is 13.6. The van der Waals surface area contributed by atoms with Crippen molar-refractivity contribution >= 4 is 62.5 Å². The molecule has 0 bridgehead atoms. The molecule has 5 N–H and O–H groups in total. The predicted octanol–water partition coefficient (Wildman–Crippen LogP) is 3.36. The molecule has 4 rings (SSSR count). The van der Waals surface area contributed by atoms with E-state index in [4.69, 9.17) is 23.6 Å². The number of carboxylic acids is 1. The summed E-state index contributed by atoms with van der Waals surface area (Å²) in [7, 11) is -5.08. The Morgan fingerprint density at radius 2 is 1.68 bits per heavy atom. The number of imidazole rings is 1. The van der Waals surface area contributed by atoms with E-state index in [9.17, 15) is 37.5 Å². The molecule has 0 spiro atoms. The van der Waals surface area contributed by atoms with Crippen LogP contribution in [0.1, 0.15) is 67.5 Å². The van der Waals surface area contributed by atoms with Crippen molar-refractivity contribution in [3.63, 3.8) is 0 Å². The highest BCUT2D eigenvalue weighted by molar-refractivity contribution is 7.80. The van der Waals surface area contributed by atoms with Crippen molar-refractivity contribution in [1.29, 1.82) is 0 Å². The second kappa shape index (κ2) is 18.4. The Bertz CT molecular complexity index is 2160. The molecule has 3 aromatic rings. The average Bonchev–Trinajstić information content (AvgIpc) is 3.77. The Hall–Kier alpha value is -5.85. The van der Waals surface area contributed by atoms with Crippen LogP contribution in [0.25, 0.3) is 11.3 Å². The second-order valence-corrected chi connectivity index (χ2v) is 17.2. The molecule has 2 aromatic heterocycles. The van der Waals surface area contributed by atoms with Gasteiger partial charge >= 0.3 is 28.6 Å². The first-order valence-corrected chi connectivity index (χ1v) is 20.0. The molecule has 59 heavy (non-hydrogen) atoms. The molecule has 22 nitrogen and oxygen atoms in total. The topological polar surface area (TPSA) is 288 Å². The smallest absolute Gasteiger partial charge is 0.418 e. The molecule has 1 aromatic carbocycles. The highest BCUT2D eigenvalue weighted by Gasteiger charge is 2.58. The Morgan fingerprint density at radius 3 is 2.27 bits per heavy atom. The fourth-order valence-electron chi connectivity index (χ4n) is 5.01. The van der Waals surface area contributed by atoms with Gasteiger partial charge in [-0.2, -0.15) is 13.5 Å².